The molecular formula is C7H7NO4. The molecule has 0 spiro atoms. The zero-order valence-electron chi connectivity index (χ0n) is 6.33. The molecule has 0 aliphatic heterocycles. The number of rotatable bonds is 2. The Bertz CT molecular complexity index is 355. The lowest BCUT2D eigenvalue weighted by molar-refractivity contribution is 0.0693. The molecule has 0 aliphatic rings. The largest absolute Gasteiger partial charge is 0.496 e. The summed E-state index contributed by atoms with van der Waals surface area (Å²) in [5.41, 5.74) is -0.450. The Morgan fingerprint density at radius 1 is 1.67 bits per heavy atom. The number of nitrogens with one attached hydrogen (secondary N) is 1. The number of ether oxygens (including phenoxy) is 1. The van der Waals surface area contributed by atoms with Gasteiger partial charge in [-0.05, 0) is 0 Å². The van der Waals surface area contributed by atoms with E-state index in [-0.39, 0.29) is 11.3 Å². The van der Waals surface area contributed by atoms with Gasteiger partial charge in [0.15, 0.2) is 0 Å². The second-order valence-corrected chi connectivity index (χ2v) is 2.08. The van der Waals surface area contributed by atoms with E-state index in [1.807, 2.05) is 0 Å². The fraction of sp³-hybridized carbons (Fsp3) is 0.143. The average molecular weight is 169 g/mol. The van der Waals surface area contributed by atoms with Crippen molar-refractivity contribution in [3.8, 4) is 5.75 Å². The molecule has 1 aromatic heterocycles. The van der Waals surface area contributed by atoms with Gasteiger partial charge in [0.05, 0.1) is 7.11 Å². The molecule has 0 bridgehead atoms. The number of carboxylic acids is 1. The van der Waals surface area contributed by atoms with Gasteiger partial charge in [0.2, 0.25) is 0 Å². The molecule has 2 N–H and O–H groups in total. The summed E-state index contributed by atoms with van der Waals surface area (Å²) in [5.74, 6) is -1.07. The molecule has 0 fully saturated rings. The van der Waals surface area contributed by atoms with Crippen molar-refractivity contribution in [1.82, 2.24) is 4.98 Å². The van der Waals surface area contributed by atoms with E-state index < -0.39 is 11.5 Å². The molecule has 0 aromatic carbocycles. The molecule has 1 aromatic rings. The Morgan fingerprint density at radius 2 is 2.33 bits per heavy atom. The van der Waals surface area contributed by atoms with Crippen molar-refractivity contribution < 1.29 is 14.6 Å². The van der Waals surface area contributed by atoms with Gasteiger partial charge in [-0.25, -0.2) is 4.79 Å². The lowest BCUT2D eigenvalue weighted by atomic mass is 10.2. The van der Waals surface area contributed by atoms with Gasteiger partial charge in [0.25, 0.3) is 5.56 Å². The minimum atomic E-state index is -1.14. The fourth-order valence-corrected chi connectivity index (χ4v) is 0.789. The van der Waals surface area contributed by atoms with Gasteiger partial charge in [-0.15, -0.1) is 0 Å². The van der Waals surface area contributed by atoms with Crippen LogP contribution in [0.1, 0.15) is 10.4 Å². The zero-order chi connectivity index (χ0) is 9.14. The summed E-state index contributed by atoms with van der Waals surface area (Å²) in [6, 6.07) is 1.09. The molecule has 5 nitrogen and oxygen atoms in total. The van der Waals surface area contributed by atoms with E-state index >= 15 is 0 Å². The molecule has 0 radical (unpaired) electrons. The molecule has 0 saturated carbocycles. The topological polar surface area (TPSA) is 79.4 Å². The average Bonchev–Trinajstić information content (AvgIpc) is 2.03. The van der Waals surface area contributed by atoms with Crippen LogP contribution in [0.4, 0.5) is 0 Å². The van der Waals surface area contributed by atoms with E-state index in [0.29, 0.717) is 0 Å². The number of aromatic carboxylic acids is 1. The number of carboxylic acid groups (broad SMARTS) is 1. The molecule has 0 aliphatic carbocycles. The first-order chi connectivity index (χ1) is 5.65. The summed E-state index contributed by atoms with van der Waals surface area (Å²) in [4.78, 5) is 23.4. The van der Waals surface area contributed by atoms with Crippen molar-refractivity contribution in [2.24, 2.45) is 0 Å². The summed E-state index contributed by atoms with van der Waals surface area (Å²) >= 11 is 0. The predicted octanol–water partition coefficient (Wildman–Crippen LogP) is 0.0817. The van der Waals surface area contributed by atoms with E-state index in [4.69, 9.17) is 5.11 Å². The van der Waals surface area contributed by atoms with Crippen molar-refractivity contribution in [1.29, 1.82) is 0 Å². The quantitative estimate of drug-likeness (QED) is 0.657. The van der Waals surface area contributed by atoms with Crippen molar-refractivity contribution in [3.63, 3.8) is 0 Å². The Hall–Kier alpha value is -1.78. The smallest absolute Gasteiger partial charge is 0.340 e. The fourth-order valence-electron chi connectivity index (χ4n) is 0.789. The standard InChI is InChI=1S/C7H7NO4/c1-12-5-2-6(9)8-3-4(5)7(10)11/h2-3H,1H3,(H,8,9)(H,10,11). The Kier molecular flexibility index (Phi) is 2.14. The zero-order valence-corrected chi connectivity index (χ0v) is 6.33. The summed E-state index contributed by atoms with van der Waals surface area (Å²) in [6.07, 6.45) is 1.10. The summed E-state index contributed by atoms with van der Waals surface area (Å²) in [6.45, 7) is 0. The third-order valence-electron chi connectivity index (χ3n) is 1.34. The maximum atomic E-state index is 10.7. The number of hydrogen-bond donors (Lipinski definition) is 2. The van der Waals surface area contributed by atoms with Crippen LogP contribution in [0, 0.1) is 0 Å². The Morgan fingerprint density at radius 3 is 2.83 bits per heavy atom. The van der Waals surface area contributed by atoms with Gasteiger partial charge in [-0.2, -0.15) is 0 Å². The van der Waals surface area contributed by atoms with Crippen molar-refractivity contribution in [2.45, 2.75) is 0 Å². The van der Waals surface area contributed by atoms with Crippen molar-refractivity contribution in [2.75, 3.05) is 7.11 Å². The van der Waals surface area contributed by atoms with E-state index in [0.717, 1.165) is 12.3 Å². The lowest BCUT2D eigenvalue weighted by Gasteiger charge is -2.01. The highest BCUT2D eigenvalue weighted by atomic mass is 16.5. The van der Waals surface area contributed by atoms with Gasteiger partial charge in [-0.1, -0.05) is 0 Å². The molecule has 0 saturated heterocycles. The first-order valence-corrected chi connectivity index (χ1v) is 3.15. The first kappa shape index (κ1) is 8.32. The van der Waals surface area contributed by atoms with Crippen LogP contribution < -0.4 is 10.3 Å². The van der Waals surface area contributed by atoms with Crippen molar-refractivity contribution >= 4 is 5.97 Å². The van der Waals surface area contributed by atoms with Gasteiger partial charge in [0.1, 0.15) is 11.3 Å². The van der Waals surface area contributed by atoms with Crippen LogP contribution in [0.3, 0.4) is 0 Å². The van der Waals surface area contributed by atoms with E-state index in [1.54, 1.807) is 0 Å². The number of hydrogen-bond acceptors (Lipinski definition) is 3. The molecule has 0 unspecified atom stereocenters. The second kappa shape index (κ2) is 3.08. The molecule has 1 heterocycles. The Balaban J connectivity index is 3.29. The third-order valence-corrected chi connectivity index (χ3v) is 1.34. The van der Waals surface area contributed by atoms with Crippen LogP contribution in [0.25, 0.3) is 0 Å². The first-order valence-electron chi connectivity index (χ1n) is 3.15. The summed E-state index contributed by atoms with van der Waals surface area (Å²) < 4.78 is 4.69. The lowest BCUT2D eigenvalue weighted by Crippen LogP contribution is -2.09. The van der Waals surface area contributed by atoms with Crippen LogP contribution in [-0.4, -0.2) is 23.2 Å². The number of methoxy groups -OCH3 is 1. The Labute approximate surface area is 67.6 Å². The highest BCUT2D eigenvalue weighted by Gasteiger charge is 2.10. The number of aromatic nitrogens is 1. The van der Waals surface area contributed by atoms with Crippen LogP contribution in [-0.2, 0) is 0 Å². The SMILES string of the molecule is COc1cc(=O)[nH]cc1C(=O)O. The maximum Gasteiger partial charge on any atom is 0.340 e. The highest BCUT2D eigenvalue weighted by Crippen LogP contribution is 2.12. The van der Waals surface area contributed by atoms with Gasteiger partial charge in [0, 0.05) is 12.3 Å². The maximum absolute atomic E-state index is 10.7. The molecule has 64 valence electrons. The second-order valence-electron chi connectivity index (χ2n) is 2.08. The summed E-state index contributed by atoms with van der Waals surface area (Å²) in [5, 5.41) is 8.59. The number of H-pyrrole nitrogens is 1. The monoisotopic (exact) mass is 169 g/mol. The van der Waals surface area contributed by atoms with Gasteiger partial charge < -0.3 is 14.8 Å². The normalized spacial score (nSPS) is 9.42. The van der Waals surface area contributed by atoms with Gasteiger partial charge >= 0.3 is 5.97 Å². The van der Waals surface area contributed by atoms with Crippen LogP contribution >= 0.6 is 0 Å². The molecule has 1 rings (SSSR count). The van der Waals surface area contributed by atoms with Gasteiger partial charge in [-0.3, -0.25) is 4.79 Å². The summed E-state index contributed by atoms with van der Waals surface area (Å²) in [7, 11) is 1.31. The number of pyridine rings is 1. The van der Waals surface area contributed by atoms with Crippen LogP contribution in [0.2, 0.25) is 0 Å². The van der Waals surface area contributed by atoms with Crippen molar-refractivity contribution in [3.05, 3.63) is 28.2 Å². The number of carbonyl (C=O) groups is 1. The van der Waals surface area contributed by atoms with E-state index in [9.17, 15) is 9.59 Å². The third kappa shape index (κ3) is 1.45. The highest BCUT2D eigenvalue weighted by molar-refractivity contribution is 5.90. The van der Waals surface area contributed by atoms with E-state index in [2.05, 4.69) is 9.72 Å². The molecule has 12 heavy (non-hydrogen) atoms. The van der Waals surface area contributed by atoms with E-state index in [1.165, 1.54) is 7.11 Å². The minimum Gasteiger partial charge on any atom is -0.496 e. The van der Waals surface area contributed by atoms with Crippen LogP contribution in [0.15, 0.2) is 17.1 Å². The molecular weight excluding hydrogens is 162 g/mol. The minimum absolute atomic E-state index is 0.0582. The molecule has 5 heteroatoms. The molecule has 0 atom stereocenters. The number of aromatic amines is 1. The molecule has 0 amide bonds. The van der Waals surface area contributed by atoms with Crippen LogP contribution in [0.5, 0.6) is 5.75 Å². The predicted molar refractivity (Wildman–Crippen MR) is 40.6 cm³/mol.